The number of hydrogen-bond acceptors (Lipinski definition) is 3. The van der Waals surface area contributed by atoms with Crippen molar-refractivity contribution in [3.8, 4) is 11.1 Å². The summed E-state index contributed by atoms with van der Waals surface area (Å²) in [5, 5.41) is 5.41. The number of hydrogen-bond donors (Lipinski definition) is 3. The fourth-order valence-corrected chi connectivity index (χ4v) is 2.24. The summed E-state index contributed by atoms with van der Waals surface area (Å²) in [6.07, 6.45) is 0. The standard InChI is InChI=1S/C19H23N3O2.ClH/c1-13(2)18(20)19(24)21-12-17(23)22-16-11-7-6-10-15(16)14-8-4-3-5-9-14;/h3-11,13,18H,12,20H2,1-2H3,(H,21,24)(H,22,23);1H/t18-;/m0./s1. The Bertz CT molecular complexity index is 705. The van der Waals surface area contributed by atoms with E-state index in [1.165, 1.54) is 0 Å². The molecule has 0 bridgehead atoms. The molecule has 6 heteroatoms. The van der Waals surface area contributed by atoms with Gasteiger partial charge in [-0.1, -0.05) is 62.4 Å². The summed E-state index contributed by atoms with van der Waals surface area (Å²) in [4.78, 5) is 23.9. The van der Waals surface area contributed by atoms with E-state index in [0.717, 1.165) is 11.1 Å². The van der Waals surface area contributed by atoms with Gasteiger partial charge in [-0.3, -0.25) is 9.59 Å². The summed E-state index contributed by atoms with van der Waals surface area (Å²) in [7, 11) is 0. The highest BCUT2D eigenvalue weighted by atomic mass is 35.5. The number of rotatable bonds is 6. The average Bonchev–Trinajstić information content (AvgIpc) is 2.60. The monoisotopic (exact) mass is 361 g/mol. The number of carbonyl (C=O) groups excluding carboxylic acids is 2. The molecule has 0 saturated heterocycles. The Morgan fingerprint density at radius 3 is 2.24 bits per heavy atom. The van der Waals surface area contributed by atoms with Gasteiger partial charge in [0.25, 0.3) is 0 Å². The normalized spacial score (nSPS) is 11.4. The Morgan fingerprint density at radius 2 is 1.60 bits per heavy atom. The van der Waals surface area contributed by atoms with E-state index in [9.17, 15) is 9.59 Å². The zero-order valence-electron chi connectivity index (χ0n) is 14.4. The number of anilines is 1. The van der Waals surface area contributed by atoms with E-state index in [0.29, 0.717) is 5.69 Å². The second-order valence-electron chi connectivity index (χ2n) is 5.95. The Hall–Kier alpha value is -2.37. The van der Waals surface area contributed by atoms with Crippen LogP contribution in [0.25, 0.3) is 11.1 Å². The first-order chi connectivity index (χ1) is 11.5. The van der Waals surface area contributed by atoms with Crippen LogP contribution < -0.4 is 16.4 Å². The number of nitrogens with one attached hydrogen (secondary N) is 2. The fraction of sp³-hybridized carbons (Fsp3) is 0.263. The molecule has 5 nitrogen and oxygen atoms in total. The van der Waals surface area contributed by atoms with Gasteiger partial charge in [0.05, 0.1) is 12.6 Å². The van der Waals surface area contributed by atoms with Gasteiger partial charge >= 0.3 is 0 Å². The topological polar surface area (TPSA) is 84.2 Å². The number of benzene rings is 2. The van der Waals surface area contributed by atoms with Crippen molar-refractivity contribution in [3.63, 3.8) is 0 Å². The maximum Gasteiger partial charge on any atom is 0.243 e. The van der Waals surface area contributed by atoms with Crippen molar-refractivity contribution in [1.82, 2.24) is 5.32 Å². The van der Waals surface area contributed by atoms with Crippen LogP contribution in [0.1, 0.15) is 13.8 Å². The molecule has 2 amide bonds. The third-order valence-corrected chi connectivity index (χ3v) is 3.73. The van der Waals surface area contributed by atoms with Crippen LogP contribution >= 0.6 is 12.4 Å². The smallest absolute Gasteiger partial charge is 0.243 e. The molecule has 0 aromatic heterocycles. The number of amides is 2. The van der Waals surface area contributed by atoms with Crippen LogP contribution in [-0.2, 0) is 9.59 Å². The van der Waals surface area contributed by atoms with Gasteiger partial charge in [0, 0.05) is 11.3 Å². The van der Waals surface area contributed by atoms with Crippen molar-refractivity contribution in [1.29, 1.82) is 0 Å². The lowest BCUT2D eigenvalue weighted by molar-refractivity contribution is -0.125. The van der Waals surface area contributed by atoms with Crippen molar-refractivity contribution >= 4 is 29.9 Å². The number of carbonyl (C=O) groups is 2. The minimum absolute atomic E-state index is 0. The second kappa shape index (κ2) is 9.81. The van der Waals surface area contributed by atoms with Crippen molar-refractivity contribution in [3.05, 3.63) is 54.6 Å². The van der Waals surface area contributed by atoms with Crippen molar-refractivity contribution in [2.24, 2.45) is 11.7 Å². The molecular weight excluding hydrogens is 338 g/mol. The van der Waals surface area contributed by atoms with E-state index < -0.39 is 6.04 Å². The zero-order chi connectivity index (χ0) is 17.5. The van der Waals surface area contributed by atoms with Crippen LogP contribution in [0, 0.1) is 5.92 Å². The van der Waals surface area contributed by atoms with Gasteiger partial charge in [0.2, 0.25) is 11.8 Å². The quantitative estimate of drug-likeness (QED) is 0.739. The summed E-state index contributed by atoms with van der Waals surface area (Å²) in [5.74, 6) is -0.592. The fourth-order valence-electron chi connectivity index (χ4n) is 2.24. The summed E-state index contributed by atoms with van der Waals surface area (Å²) in [6.45, 7) is 3.61. The molecule has 0 heterocycles. The van der Waals surface area contributed by atoms with Gasteiger partial charge in [-0.2, -0.15) is 0 Å². The molecule has 25 heavy (non-hydrogen) atoms. The number of nitrogens with two attached hydrogens (primary N) is 1. The molecule has 2 rings (SSSR count). The van der Waals surface area contributed by atoms with Gasteiger partial charge in [-0.15, -0.1) is 12.4 Å². The second-order valence-corrected chi connectivity index (χ2v) is 5.95. The predicted octanol–water partition coefficient (Wildman–Crippen LogP) is 2.81. The lowest BCUT2D eigenvalue weighted by Gasteiger charge is -2.16. The number of halogens is 1. The first kappa shape index (κ1) is 20.7. The van der Waals surface area contributed by atoms with Crippen LogP contribution in [0.5, 0.6) is 0 Å². The van der Waals surface area contributed by atoms with Gasteiger partial charge in [-0.25, -0.2) is 0 Å². The Labute approximate surface area is 154 Å². The van der Waals surface area contributed by atoms with E-state index in [1.807, 2.05) is 68.4 Å². The van der Waals surface area contributed by atoms with E-state index in [4.69, 9.17) is 5.73 Å². The molecule has 2 aromatic rings. The Morgan fingerprint density at radius 1 is 1.00 bits per heavy atom. The lowest BCUT2D eigenvalue weighted by Crippen LogP contribution is -2.46. The summed E-state index contributed by atoms with van der Waals surface area (Å²) in [6, 6.07) is 16.7. The highest BCUT2D eigenvalue weighted by molar-refractivity contribution is 5.98. The molecule has 0 aliphatic heterocycles. The van der Waals surface area contributed by atoms with Crippen LogP contribution in [0.3, 0.4) is 0 Å². The van der Waals surface area contributed by atoms with Crippen LogP contribution in [0.15, 0.2) is 54.6 Å². The molecule has 134 valence electrons. The molecular formula is C19H24ClN3O2. The third kappa shape index (κ3) is 5.89. The maximum absolute atomic E-state index is 12.1. The Kier molecular flexibility index (Phi) is 8.11. The number of para-hydroxylation sites is 1. The molecule has 0 aliphatic carbocycles. The lowest BCUT2D eigenvalue weighted by atomic mass is 10.0. The van der Waals surface area contributed by atoms with Crippen molar-refractivity contribution < 1.29 is 9.59 Å². The van der Waals surface area contributed by atoms with E-state index in [1.54, 1.807) is 0 Å². The SMILES string of the molecule is CC(C)[C@H](N)C(=O)NCC(=O)Nc1ccccc1-c1ccccc1.Cl. The molecule has 0 unspecified atom stereocenters. The largest absolute Gasteiger partial charge is 0.346 e. The minimum atomic E-state index is -0.616. The average molecular weight is 362 g/mol. The van der Waals surface area contributed by atoms with Crippen LogP contribution in [0.2, 0.25) is 0 Å². The minimum Gasteiger partial charge on any atom is -0.346 e. The maximum atomic E-state index is 12.1. The van der Waals surface area contributed by atoms with Crippen molar-refractivity contribution in [2.45, 2.75) is 19.9 Å². The van der Waals surface area contributed by atoms with Gasteiger partial charge < -0.3 is 16.4 Å². The van der Waals surface area contributed by atoms with Crippen LogP contribution in [-0.4, -0.2) is 24.4 Å². The van der Waals surface area contributed by atoms with E-state index in [-0.39, 0.29) is 36.7 Å². The molecule has 2 aromatic carbocycles. The third-order valence-electron chi connectivity index (χ3n) is 3.73. The highest BCUT2D eigenvalue weighted by Crippen LogP contribution is 2.27. The molecule has 0 radical (unpaired) electrons. The highest BCUT2D eigenvalue weighted by Gasteiger charge is 2.17. The summed E-state index contributed by atoms with van der Waals surface area (Å²) < 4.78 is 0. The Balaban J connectivity index is 0.00000312. The first-order valence-corrected chi connectivity index (χ1v) is 7.96. The van der Waals surface area contributed by atoms with Gasteiger partial charge in [0.15, 0.2) is 0 Å². The first-order valence-electron chi connectivity index (χ1n) is 7.96. The molecule has 1 atom stereocenters. The molecule has 0 fully saturated rings. The van der Waals surface area contributed by atoms with Gasteiger partial charge in [-0.05, 0) is 17.5 Å². The van der Waals surface area contributed by atoms with E-state index in [2.05, 4.69) is 10.6 Å². The van der Waals surface area contributed by atoms with Crippen LogP contribution in [0.4, 0.5) is 5.69 Å². The van der Waals surface area contributed by atoms with Gasteiger partial charge in [0.1, 0.15) is 0 Å². The zero-order valence-corrected chi connectivity index (χ0v) is 15.2. The molecule has 4 N–H and O–H groups in total. The summed E-state index contributed by atoms with van der Waals surface area (Å²) >= 11 is 0. The predicted molar refractivity (Wildman–Crippen MR) is 104 cm³/mol. The molecule has 0 saturated carbocycles. The summed E-state index contributed by atoms with van der Waals surface area (Å²) in [5.41, 5.74) is 8.40. The molecule has 0 spiro atoms. The van der Waals surface area contributed by atoms with Crippen molar-refractivity contribution in [2.75, 3.05) is 11.9 Å². The van der Waals surface area contributed by atoms with E-state index >= 15 is 0 Å². The molecule has 0 aliphatic rings.